The average molecular weight is 310 g/mol. The molecular weight excluding hydrogens is 291 g/mol. The summed E-state index contributed by atoms with van der Waals surface area (Å²) in [6.45, 7) is 6.43. The molecule has 4 heteroatoms. The maximum atomic E-state index is 13.2. The number of nitrogens with zero attached hydrogens (tertiary/aromatic N) is 1. The third kappa shape index (κ3) is 2.61. The number of carbonyl (C=O) groups is 1. The third-order valence-corrected chi connectivity index (χ3v) is 4.46. The number of hydrogen-bond donors (Lipinski definition) is 1. The van der Waals surface area contributed by atoms with Crippen LogP contribution in [0.5, 0.6) is 0 Å². The molecule has 0 bridgehead atoms. The molecule has 2 aromatic carbocycles. The van der Waals surface area contributed by atoms with E-state index < -0.39 is 0 Å². The summed E-state index contributed by atoms with van der Waals surface area (Å²) in [7, 11) is 0. The van der Waals surface area contributed by atoms with Crippen LogP contribution in [0.2, 0.25) is 0 Å². The second-order valence-electron chi connectivity index (χ2n) is 5.81. The van der Waals surface area contributed by atoms with Gasteiger partial charge in [0.2, 0.25) is 6.41 Å². The molecule has 0 fully saturated rings. The molecular formula is C19H19FN2O. The van der Waals surface area contributed by atoms with Crippen LogP contribution < -0.4 is 5.32 Å². The molecule has 0 atom stereocenters. The number of para-hydroxylation sites is 1. The van der Waals surface area contributed by atoms with Crippen molar-refractivity contribution in [2.24, 2.45) is 0 Å². The van der Waals surface area contributed by atoms with Crippen molar-refractivity contribution in [3.63, 3.8) is 0 Å². The number of aryl methyl sites for hydroxylation is 2. The molecule has 0 aliphatic heterocycles. The number of halogens is 1. The van der Waals surface area contributed by atoms with Gasteiger partial charge in [0.15, 0.2) is 0 Å². The smallest absolute Gasteiger partial charge is 0.218 e. The highest BCUT2D eigenvalue weighted by Gasteiger charge is 2.13. The zero-order chi connectivity index (χ0) is 16.6. The summed E-state index contributed by atoms with van der Waals surface area (Å²) in [5, 5.41) is 4.44. The second kappa shape index (κ2) is 5.88. The van der Waals surface area contributed by atoms with Gasteiger partial charge >= 0.3 is 0 Å². The van der Waals surface area contributed by atoms with Crippen LogP contribution in [-0.4, -0.2) is 11.0 Å². The predicted molar refractivity (Wildman–Crippen MR) is 92.0 cm³/mol. The molecule has 0 spiro atoms. The first kappa shape index (κ1) is 15.3. The van der Waals surface area contributed by atoms with Crippen molar-refractivity contribution >= 4 is 23.0 Å². The van der Waals surface area contributed by atoms with Crippen molar-refractivity contribution in [2.75, 3.05) is 5.32 Å². The Morgan fingerprint density at radius 1 is 1.17 bits per heavy atom. The second-order valence-corrected chi connectivity index (χ2v) is 5.81. The number of hydrogen-bond acceptors (Lipinski definition) is 2. The lowest BCUT2D eigenvalue weighted by atomic mass is 10.1. The fourth-order valence-electron chi connectivity index (χ4n) is 2.97. The van der Waals surface area contributed by atoms with Crippen LogP contribution in [0.15, 0.2) is 36.4 Å². The molecule has 1 N–H and O–H groups in total. The van der Waals surface area contributed by atoms with Gasteiger partial charge in [-0.15, -0.1) is 0 Å². The van der Waals surface area contributed by atoms with E-state index >= 15 is 0 Å². The summed E-state index contributed by atoms with van der Waals surface area (Å²) < 4.78 is 14.9. The van der Waals surface area contributed by atoms with E-state index in [-0.39, 0.29) is 5.82 Å². The van der Waals surface area contributed by atoms with E-state index in [1.165, 1.54) is 12.1 Å². The first-order valence-corrected chi connectivity index (χ1v) is 7.57. The number of anilines is 1. The molecule has 1 heterocycles. The van der Waals surface area contributed by atoms with Crippen LogP contribution in [0.3, 0.4) is 0 Å². The highest BCUT2D eigenvalue weighted by Crippen LogP contribution is 2.30. The first-order chi connectivity index (χ1) is 11.0. The van der Waals surface area contributed by atoms with E-state index in [0.29, 0.717) is 6.54 Å². The van der Waals surface area contributed by atoms with Crippen LogP contribution in [0, 0.1) is 26.6 Å². The van der Waals surface area contributed by atoms with Gasteiger partial charge in [0.25, 0.3) is 0 Å². The van der Waals surface area contributed by atoms with E-state index in [4.69, 9.17) is 0 Å². The maximum Gasteiger partial charge on any atom is 0.218 e. The van der Waals surface area contributed by atoms with Gasteiger partial charge in [0.1, 0.15) is 5.82 Å². The Kier molecular flexibility index (Phi) is 3.90. The highest BCUT2D eigenvalue weighted by molar-refractivity contribution is 5.98. The van der Waals surface area contributed by atoms with Crippen LogP contribution >= 0.6 is 0 Å². The summed E-state index contributed by atoms with van der Waals surface area (Å²) in [5.74, 6) is -0.227. The molecule has 0 radical (unpaired) electrons. The minimum atomic E-state index is -0.227. The largest absolute Gasteiger partial charge is 0.379 e. The molecule has 0 saturated carbocycles. The number of carbonyl (C=O) groups excluding carboxylic acids is 1. The monoisotopic (exact) mass is 310 g/mol. The van der Waals surface area contributed by atoms with Gasteiger partial charge in [-0.3, -0.25) is 9.36 Å². The Bertz CT molecular complexity index is 896. The van der Waals surface area contributed by atoms with E-state index in [9.17, 15) is 9.18 Å². The van der Waals surface area contributed by atoms with Crippen molar-refractivity contribution in [3.05, 3.63) is 64.6 Å². The molecule has 3 nitrogen and oxygen atoms in total. The summed E-state index contributed by atoms with van der Waals surface area (Å²) in [6, 6.07) is 10.7. The Morgan fingerprint density at radius 2 is 1.96 bits per heavy atom. The zero-order valence-corrected chi connectivity index (χ0v) is 13.5. The Hall–Kier alpha value is -2.62. The van der Waals surface area contributed by atoms with Crippen molar-refractivity contribution in [1.82, 2.24) is 4.57 Å². The maximum absolute atomic E-state index is 13.2. The van der Waals surface area contributed by atoms with Gasteiger partial charge in [-0.25, -0.2) is 4.39 Å². The molecule has 3 rings (SSSR count). The number of rotatable bonds is 4. The molecule has 118 valence electrons. The molecule has 0 aliphatic rings. The van der Waals surface area contributed by atoms with Crippen molar-refractivity contribution in [1.29, 1.82) is 0 Å². The molecule has 3 aromatic rings. The molecule has 0 saturated heterocycles. The van der Waals surface area contributed by atoms with Gasteiger partial charge < -0.3 is 5.32 Å². The highest BCUT2D eigenvalue weighted by atomic mass is 19.1. The van der Waals surface area contributed by atoms with E-state index in [1.54, 1.807) is 10.6 Å². The molecule has 1 aromatic heterocycles. The van der Waals surface area contributed by atoms with Crippen molar-refractivity contribution in [2.45, 2.75) is 27.3 Å². The van der Waals surface area contributed by atoms with Crippen molar-refractivity contribution < 1.29 is 9.18 Å². The van der Waals surface area contributed by atoms with Gasteiger partial charge in [0.05, 0.1) is 11.2 Å². The third-order valence-electron chi connectivity index (χ3n) is 4.46. The predicted octanol–water partition coefficient (Wildman–Crippen LogP) is 4.36. The van der Waals surface area contributed by atoms with Crippen LogP contribution in [0.1, 0.15) is 22.4 Å². The van der Waals surface area contributed by atoms with E-state index in [0.717, 1.165) is 45.4 Å². The fraction of sp³-hybridized carbons (Fsp3) is 0.211. The van der Waals surface area contributed by atoms with Gasteiger partial charge in [-0.05, 0) is 55.7 Å². The normalized spacial score (nSPS) is 11.0. The molecule has 23 heavy (non-hydrogen) atoms. The Balaban J connectivity index is 2.00. The molecule has 0 amide bonds. The Morgan fingerprint density at radius 3 is 2.65 bits per heavy atom. The quantitative estimate of drug-likeness (QED) is 0.727. The van der Waals surface area contributed by atoms with Crippen LogP contribution in [0.4, 0.5) is 10.1 Å². The van der Waals surface area contributed by atoms with E-state index in [1.807, 2.05) is 39.0 Å². The molecule has 0 aliphatic carbocycles. The summed E-state index contributed by atoms with van der Waals surface area (Å²) in [6.07, 6.45) is 0.846. The zero-order valence-electron chi connectivity index (χ0n) is 13.5. The number of aromatic nitrogens is 1. The van der Waals surface area contributed by atoms with Gasteiger partial charge in [0, 0.05) is 17.6 Å². The lowest BCUT2D eigenvalue weighted by molar-refractivity contribution is 0.548. The topological polar surface area (TPSA) is 34.0 Å². The minimum absolute atomic E-state index is 0.227. The van der Waals surface area contributed by atoms with Gasteiger partial charge in [-0.1, -0.05) is 18.2 Å². The summed E-state index contributed by atoms with van der Waals surface area (Å²) >= 11 is 0. The standard InChI is InChI=1S/C19H19FN2O/c1-12-9-16(20)8-7-15(12)10-21-18-6-4-5-17-13(2)14(3)22(11-23)19(17)18/h4-9,11,21H,10H2,1-3H3. The average Bonchev–Trinajstić information content (AvgIpc) is 2.78. The Labute approximate surface area is 134 Å². The number of benzene rings is 2. The van der Waals surface area contributed by atoms with Crippen molar-refractivity contribution in [3.8, 4) is 0 Å². The lowest BCUT2D eigenvalue weighted by Gasteiger charge is -2.11. The fourth-order valence-corrected chi connectivity index (χ4v) is 2.97. The number of nitrogens with one attached hydrogen (secondary N) is 1. The summed E-state index contributed by atoms with van der Waals surface area (Å²) in [5.41, 5.74) is 5.77. The summed E-state index contributed by atoms with van der Waals surface area (Å²) in [4.78, 5) is 11.5. The molecule has 0 unspecified atom stereocenters. The SMILES string of the molecule is Cc1cc(F)ccc1CNc1cccc2c(C)c(C)n(C=O)c12. The van der Waals surface area contributed by atoms with E-state index in [2.05, 4.69) is 5.32 Å². The first-order valence-electron chi connectivity index (χ1n) is 7.57. The van der Waals surface area contributed by atoms with Crippen LogP contribution in [-0.2, 0) is 11.3 Å². The number of fused-ring (bicyclic) bond motifs is 1. The van der Waals surface area contributed by atoms with Crippen LogP contribution in [0.25, 0.3) is 10.9 Å². The lowest BCUT2D eigenvalue weighted by Crippen LogP contribution is -2.05. The minimum Gasteiger partial charge on any atom is -0.379 e. The van der Waals surface area contributed by atoms with Gasteiger partial charge in [-0.2, -0.15) is 0 Å².